The Bertz CT molecular complexity index is 429. The van der Waals surface area contributed by atoms with Crippen LogP contribution in [0.4, 0.5) is 0 Å². The van der Waals surface area contributed by atoms with E-state index in [1.165, 1.54) is 70.6 Å². The minimum atomic E-state index is -3.90. The van der Waals surface area contributed by atoms with Crippen LogP contribution in [0.5, 0.6) is 0 Å². The lowest BCUT2D eigenvalue weighted by atomic mass is 10.0. The molecule has 1 aliphatic heterocycles. The lowest BCUT2D eigenvalue weighted by Crippen LogP contribution is -2.20. The van der Waals surface area contributed by atoms with E-state index in [0.29, 0.717) is 6.42 Å². The van der Waals surface area contributed by atoms with Gasteiger partial charge in [0.25, 0.3) is 0 Å². The Labute approximate surface area is 165 Å². The third kappa shape index (κ3) is 14.3. The molecule has 0 aromatic heterocycles. The van der Waals surface area contributed by atoms with E-state index in [2.05, 4.69) is 11.4 Å². The lowest BCUT2D eigenvalue weighted by Gasteiger charge is -2.08. The molecule has 6 nitrogen and oxygen atoms in total. The summed E-state index contributed by atoms with van der Waals surface area (Å²) in [5, 5.41) is 0. The van der Waals surface area contributed by atoms with Crippen LogP contribution in [-0.4, -0.2) is 30.2 Å². The van der Waals surface area contributed by atoms with Crippen molar-refractivity contribution < 1.29 is 28.0 Å². The Hall–Kier alpha value is -0.420. The highest BCUT2D eigenvalue weighted by molar-refractivity contribution is 7.47. The Morgan fingerprint density at radius 1 is 0.926 bits per heavy atom. The molecule has 27 heavy (non-hydrogen) atoms. The average Bonchev–Trinajstić information content (AvgIpc) is 2.99. The predicted octanol–water partition coefficient (Wildman–Crippen LogP) is 5.92. The smallest absolute Gasteiger partial charge is 0.463 e. The molecule has 0 aromatic carbocycles. The molecule has 0 aromatic rings. The standard InChI is InChI=1S/C20H39O6P/c1-2-3-4-5-6-7-8-9-10-11-12-13-14-15-16-20(21)24-17-19-18-25-27(22,23)26-19/h19H,2-18H2,1H3,(H,22,23)/t19-/m1/s1. The molecule has 1 unspecified atom stereocenters. The molecular weight excluding hydrogens is 367 g/mol. The first-order chi connectivity index (χ1) is 13.0. The van der Waals surface area contributed by atoms with Crippen LogP contribution in [0.3, 0.4) is 0 Å². The summed E-state index contributed by atoms with van der Waals surface area (Å²) in [6.07, 6.45) is 17.7. The fourth-order valence-corrected chi connectivity index (χ4v) is 4.14. The predicted molar refractivity (Wildman–Crippen MR) is 107 cm³/mol. The Morgan fingerprint density at radius 2 is 1.41 bits per heavy atom. The zero-order valence-corrected chi connectivity index (χ0v) is 17.9. The number of unbranched alkanes of at least 4 members (excludes halogenated alkanes) is 13. The van der Waals surface area contributed by atoms with Gasteiger partial charge in [0.15, 0.2) is 0 Å². The van der Waals surface area contributed by atoms with Gasteiger partial charge in [-0.2, -0.15) is 0 Å². The first-order valence-corrected chi connectivity index (χ1v) is 12.3. The monoisotopic (exact) mass is 406 g/mol. The van der Waals surface area contributed by atoms with E-state index in [-0.39, 0.29) is 19.2 Å². The van der Waals surface area contributed by atoms with E-state index >= 15 is 0 Å². The summed E-state index contributed by atoms with van der Waals surface area (Å²) in [5.74, 6) is -0.280. The zero-order chi connectivity index (χ0) is 19.8. The quantitative estimate of drug-likeness (QED) is 0.183. The number of esters is 1. The molecule has 0 bridgehead atoms. The van der Waals surface area contributed by atoms with E-state index in [9.17, 15) is 9.36 Å². The molecule has 0 amide bonds. The molecule has 0 radical (unpaired) electrons. The number of ether oxygens (including phenoxy) is 1. The minimum Gasteiger partial charge on any atom is -0.463 e. The van der Waals surface area contributed by atoms with Gasteiger partial charge in [-0.05, 0) is 6.42 Å². The van der Waals surface area contributed by atoms with E-state index in [0.717, 1.165) is 19.3 Å². The van der Waals surface area contributed by atoms with Gasteiger partial charge in [-0.15, -0.1) is 0 Å². The molecule has 0 spiro atoms. The van der Waals surface area contributed by atoms with Crippen LogP contribution in [-0.2, 0) is 23.1 Å². The molecule has 1 saturated heterocycles. The van der Waals surface area contributed by atoms with Crippen LogP contribution >= 0.6 is 7.82 Å². The van der Waals surface area contributed by atoms with Gasteiger partial charge in [-0.3, -0.25) is 13.8 Å². The number of hydrogen-bond acceptors (Lipinski definition) is 5. The van der Waals surface area contributed by atoms with Crippen molar-refractivity contribution in [1.29, 1.82) is 0 Å². The molecule has 0 aliphatic carbocycles. The van der Waals surface area contributed by atoms with Crippen LogP contribution in [0, 0.1) is 0 Å². The molecule has 1 fully saturated rings. The van der Waals surface area contributed by atoms with Crippen molar-refractivity contribution in [1.82, 2.24) is 0 Å². The van der Waals surface area contributed by atoms with Crippen LogP contribution in [0.2, 0.25) is 0 Å². The molecule has 1 N–H and O–H groups in total. The number of phosphoric acid groups is 1. The van der Waals surface area contributed by atoms with Gasteiger partial charge in [-0.1, -0.05) is 90.4 Å². The molecule has 7 heteroatoms. The Balaban J connectivity index is 1.78. The largest absolute Gasteiger partial charge is 0.472 e. The molecule has 160 valence electrons. The van der Waals surface area contributed by atoms with Gasteiger partial charge >= 0.3 is 13.8 Å². The van der Waals surface area contributed by atoms with Gasteiger partial charge in [0, 0.05) is 6.42 Å². The van der Waals surface area contributed by atoms with Crippen LogP contribution in [0.1, 0.15) is 103 Å². The number of carbonyl (C=O) groups is 1. The second-order valence-electron chi connectivity index (χ2n) is 7.52. The second kappa shape index (κ2) is 15.5. The van der Waals surface area contributed by atoms with Crippen molar-refractivity contribution in [3.8, 4) is 0 Å². The van der Waals surface area contributed by atoms with Crippen LogP contribution in [0.25, 0.3) is 0 Å². The summed E-state index contributed by atoms with van der Waals surface area (Å²) in [6, 6.07) is 0. The van der Waals surface area contributed by atoms with Gasteiger partial charge < -0.3 is 9.63 Å². The van der Waals surface area contributed by atoms with E-state index in [4.69, 9.17) is 14.2 Å². The SMILES string of the molecule is CCCCCCCCCCCCCCCCC(=O)OC[C@@H]1COP(=O)(O)O1. The summed E-state index contributed by atoms with van der Waals surface area (Å²) in [6.45, 7) is 2.22. The van der Waals surface area contributed by atoms with E-state index in [1.807, 2.05) is 0 Å². The maximum atomic E-state index is 11.6. The van der Waals surface area contributed by atoms with Gasteiger partial charge in [0.1, 0.15) is 12.7 Å². The highest BCUT2D eigenvalue weighted by Crippen LogP contribution is 2.49. The van der Waals surface area contributed by atoms with Crippen LogP contribution < -0.4 is 0 Å². The zero-order valence-electron chi connectivity index (χ0n) is 17.0. The summed E-state index contributed by atoms with van der Waals surface area (Å²) >= 11 is 0. The normalized spacial score (nSPS) is 22.2. The molecule has 1 heterocycles. The van der Waals surface area contributed by atoms with Crippen molar-refractivity contribution in [3.05, 3.63) is 0 Å². The highest BCUT2D eigenvalue weighted by Gasteiger charge is 2.35. The van der Waals surface area contributed by atoms with E-state index in [1.54, 1.807) is 0 Å². The fraction of sp³-hybridized carbons (Fsp3) is 0.950. The van der Waals surface area contributed by atoms with Crippen molar-refractivity contribution >= 4 is 13.8 Å². The molecule has 1 aliphatic rings. The molecule has 1 rings (SSSR count). The molecule has 2 atom stereocenters. The van der Waals surface area contributed by atoms with Crippen molar-refractivity contribution in [2.75, 3.05) is 13.2 Å². The summed E-state index contributed by atoms with van der Waals surface area (Å²) < 4.78 is 25.4. The number of rotatable bonds is 17. The third-order valence-corrected chi connectivity index (χ3v) is 5.91. The number of phosphoric ester groups is 1. The van der Waals surface area contributed by atoms with Crippen molar-refractivity contribution in [3.63, 3.8) is 0 Å². The van der Waals surface area contributed by atoms with Crippen molar-refractivity contribution in [2.24, 2.45) is 0 Å². The van der Waals surface area contributed by atoms with E-state index < -0.39 is 13.9 Å². The van der Waals surface area contributed by atoms with Gasteiger partial charge in [0.05, 0.1) is 6.61 Å². The van der Waals surface area contributed by atoms with Crippen molar-refractivity contribution in [2.45, 2.75) is 109 Å². The Kier molecular flexibility index (Phi) is 14.1. The first-order valence-electron chi connectivity index (χ1n) is 10.8. The topological polar surface area (TPSA) is 82.1 Å². The first kappa shape index (κ1) is 24.6. The highest BCUT2D eigenvalue weighted by atomic mass is 31.2. The number of hydrogen-bond donors (Lipinski definition) is 1. The molecule has 0 saturated carbocycles. The van der Waals surface area contributed by atoms with Gasteiger partial charge in [-0.25, -0.2) is 4.57 Å². The Morgan fingerprint density at radius 3 is 1.85 bits per heavy atom. The maximum absolute atomic E-state index is 11.6. The maximum Gasteiger partial charge on any atom is 0.472 e. The molecular formula is C20H39O6P. The summed E-state index contributed by atoms with van der Waals surface area (Å²) in [7, 11) is -3.90. The minimum absolute atomic E-state index is 0.0140. The summed E-state index contributed by atoms with van der Waals surface area (Å²) in [4.78, 5) is 20.7. The second-order valence-corrected chi connectivity index (χ2v) is 8.93. The number of carbonyl (C=O) groups excluding carboxylic acids is 1. The fourth-order valence-electron chi connectivity index (χ4n) is 3.23. The lowest BCUT2D eigenvalue weighted by molar-refractivity contribution is -0.146. The van der Waals surface area contributed by atoms with Crippen LogP contribution in [0.15, 0.2) is 0 Å². The van der Waals surface area contributed by atoms with Gasteiger partial charge in [0.2, 0.25) is 0 Å². The average molecular weight is 407 g/mol. The summed E-state index contributed by atoms with van der Waals surface area (Å²) in [5.41, 5.74) is 0. The third-order valence-electron chi connectivity index (χ3n) is 4.87.